The predicted octanol–water partition coefficient (Wildman–Crippen LogP) is 2.76. The zero-order chi connectivity index (χ0) is 19.6. The first kappa shape index (κ1) is 25.8. The molecule has 156 valence electrons. The Hall–Kier alpha value is -1.23. The first-order valence-electron chi connectivity index (χ1n) is 8.92. The van der Waals surface area contributed by atoms with Gasteiger partial charge in [-0.25, -0.2) is 8.42 Å². The summed E-state index contributed by atoms with van der Waals surface area (Å²) in [6.07, 6.45) is 1.21. The SMILES string of the molecule is CCNC(=NCCS(C)(=O)=O)NC(C)c1ccc(OCC)c(OCC)c1.I. The van der Waals surface area contributed by atoms with Crippen molar-refractivity contribution in [1.29, 1.82) is 0 Å². The van der Waals surface area contributed by atoms with Gasteiger partial charge < -0.3 is 20.1 Å². The Morgan fingerprint density at radius 2 is 1.78 bits per heavy atom. The Morgan fingerprint density at radius 3 is 2.33 bits per heavy atom. The fourth-order valence-electron chi connectivity index (χ4n) is 2.27. The van der Waals surface area contributed by atoms with Gasteiger partial charge in [-0.05, 0) is 45.4 Å². The van der Waals surface area contributed by atoms with Crippen molar-refractivity contribution in [2.75, 3.05) is 38.3 Å². The topological polar surface area (TPSA) is 89.0 Å². The highest BCUT2D eigenvalue weighted by Crippen LogP contribution is 2.30. The number of nitrogens with zero attached hydrogens (tertiary/aromatic N) is 1. The summed E-state index contributed by atoms with van der Waals surface area (Å²) < 4.78 is 33.8. The van der Waals surface area contributed by atoms with Gasteiger partial charge in [0.25, 0.3) is 0 Å². The van der Waals surface area contributed by atoms with Gasteiger partial charge in [-0.15, -0.1) is 24.0 Å². The van der Waals surface area contributed by atoms with Crippen molar-refractivity contribution in [3.05, 3.63) is 23.8 Å². The molecular formula is C18H32IN3O4S. The fraction of sp³-hybridized carbons (Fsp3) is 0.611. The maximum Gasteiger partial charge on any atom is 0.191 e. The molecule has 7 nitrogen and oxygen atoms in total. The van der Waals surface area contributed by atoms with Crippen molar-refractivity contribution in [2.24, 2.45) is 4.99 Å². The summed E-state index contributed by atoms with van der Waals surface area (Å²) in [5.41, 5.74) is 1.02. The summed E-state index contributed by atoms with van der Waals surface area (Å²) in [5, 5.41) is 6.42. The number of guanidine groups is 1. The molecule has 9 heteroatoms. The van der Waals surface area contributed by atoms with Crippen LogP contribution < -0.4 is 20.1 Å². The summed E-state index contributed by atoms with van der Waals surface area (Å²) in [5.74, 6) is 2.03. The van der Waals surface area contributed by atoms with Gasteiger partial charge in [0.05, 0.1) is 31.6 Å². The van der Waals surface area contributed by atoms with Crippen molar-refractivity contribution >= 4 is 39.8 Å². The van der Waals surface area contributed by atoms with Gasteiger partial charge in [-0.1, -0.05) is 6.07 Å². The van der Waals surface area contributed by atoms with E-state index in [4.69, 9.17) is 9.47 Å². The van der Waals surface area contributed by atoms with Crippen molar-refractivity contribution in [2.45, 2.75) is 33.7 Å². The lowest BCUT2D eigenvalue weighted by Gasteiger charge is -2.20. The zero-order valence-electron chi connectivity index (χ0n) is 16.7. The Kier molecular flexibility index (Phi) is 12.4. The maximum atomic E-state index is 11.3. The fourth-order valence-corrected chi connectivity index (χ4v) is 2.69. The third-order valence-electron chi connectivity index (χ3n) is 3.50. The molecule has 0 aliphatic heterocycles. The summed E-state index contributed by atoms with van der Waals surface area (Å²) in [4.78, 5) is 4.33. The van der Waals surface area contributed by atoms with E-state index in [0.29, 0.717) is 31.5 Å². The Bertz CT molecular complexity index is 696. The molecular weight excluding hydrogens is 481 g/mol. The molecule has 0 aliphatic carbocycles. The molecule has 1 unspecified atom stereocenters. The van der Waals surface area contributed by atoms with Crippen LogP contribution in [0, 0.1) is 0 Å². The minimum Gasteiger partial charge on any atom is -0.490 e. The van der Waals surface area contributed by atoms with Gasteiger partial charge in [-0.3, -0.25) is 4.99 Å². The van der Waals surface area contributed by atoms with Crippen LogP contribution in [-0.4, -0.2) is 52.7 Å². The molecule has 0 fully saturated rings. The van der Waals surface area contributed by atoms with Gasteiger partial charge in [-0.2, -0.15) is 0 Å². The van der Waals surface area contributed by atoms with E-state index >= 15 is 0 Å². The van der Waals surface area contributed by atoms with Gasteiger partial charge in [0.1, 0.15) is 9.84 Å². The van der Waals surface area contributed by atoms with Crippen LogP contribution in [0.1, 0.15) is 39.3 Å². The van der Waals surface area contributed by atoms with Gasteiger partial charge in [0.2, 0.25) is 0 Å². The normalized spacial score (nSPS) is 12.7. The van der Waals surface area contributed by atoms with Crippen LogP contribution >= 0.6 is 24.0 Å². The van der Waals surface area contributed by atoms with E-state index in [0.717, 1.165) is 11.3 Å². The quantitative estimate of drug-likeness (QED) is 0.284. The minimum atomic E-state index is -3.03. The van der Waals surface area contributed by atoms with Crippen molar-refractivity contribution in [3.63, 3.8) is 0 Å². The Morgan fingerprint density at radius 1 is 1.15 bits per heavy atom. The first-order chi connectivity index (χ1) is 12.3. The molecule has 0 aromatic heterocycles. The van der Waals surface area contributed by atoms with Gasteiger partial charge >= 0.3 is 0 Å². The number of sulfone groups is 1. The van der Waals surface area contributed by atoms with Crippen molar-refractivity contribution in [3.8, 4) is 11.5 Å². The minimum absolute atomic E-state index is 0. The molecule has 1 aromatic rings. The van der Waals surface area contributed by atoms with Crippen LogP contribution in [0.3, 0.4) is 0 Å². The van der Waals surface area contributed by atoms with E-state index in [1.807, 2.05) is 45.9 Å². The number of nitrogens with one attached hydrogen (secondary N) is 2. The van der Waals surface area contributed by atoms with Crippen molar-refractivity contribution in [1.82, 2.24) is 10.6 Å². The van der Waals surface area contributed by atoms with Crippen LogP contribution in [0.15, 0.2) is 23.2 Å². The monoisotopic (exact) mass is 513 g/mol. The highest BCUT2D eigenvalue weighted by Gasteiger charge is 2.12. The molecule has 0 saturated heterocycles. The van der Waals surface area contributed by atoms with Crippen LogP contribution in [0.2, 0.25) is 0 Å². The van der Waals surface area contributed by atoms with E-state index in [9.17, 15) is 8.42 Å². The second kappa shape index (κ2) is 13.0. The second-order valence-electron chi connectivity index (χ2n) is 5.83. The van der Waals surface area contributed by atoms with E-state index in [-0.39, 0.29) is 42.3 Å². The van der Waals surface area contributed by atoms with E-state index in [1.165, 1.54) is 6.26 Å². The lowest BCUT2D eigenvalue weighted by Crippen LogP contribution is -2.39. The van der Waals surface area contributed by atoms with Crippen LogP contribution in [-0.2, 0) is 9.84 Å². The Labute approximate surface area is 180 Å². The number of ether oxygens (including phenoxy) is 2. The molecule has 0 aliphatic rings. The summed E-state index contributed by atoms with van der Waals surface area (Å²) >= 11 is 0. The number of aliphatic imine (C=N–C) groups is 1. The Balaban J connectivity index is 0.00000676. The molecule has 1 rings (SSSR count). The largest absolute Gasteiger partial charge is 0.490 e. The second-order valence-corrected chi connectivity index (χ2v) is 8.09. The third-order valence-corrected chi connectivity index (χ3v) is 4.42. The van der Waals surface area contributed by atoms with Crippen molar-refractivity contribution < 1.29 is 17.9 Å². The average Bonchev–Trinajstić information content (AvgIpc) is 2.55. The molecule has 27 heavy (non-hydrogen) atoms. The summed E-state index contributed by atoms with van der Waals surface area (Å²) in [6.45, 7) is 9.87. The van der Waals surface area contributed by atoms with E-state index in [1.54, 1.807) is 0 Å². The molecule has 0 bridgehead atoms. The molecule has 2 N–H and O–H groups in total. The van der Waals surface area contributed by atoms with Gasteiger partial charge in [0.15, 0.2) is 17.5 Å². The van der Waals surface area contributed by atoms with E-state index in [2.05, 4.69) is 15.6 Å². The lowest BCUT2D eigenvalue weighted by molar-refractivity contribution is 0.287. The molecule has 0 saturated carbocycles. The van der Waals surface area contributed by atoms with Crippen LogP contribution in [0.4, 0.5) is 0 Å². The maximum absolute atomic E-state index is 11.3. The molecule has 0 radical (unpaired) electrons. The average molecular weight is 513 g/mol. The van der Waals surface area contributed by atoms with Crippen LogP contribution in [0.25, 0.3) is 0 Å². The molecule has 1 aromatic carbocycles. The first-order valence-corrected chi connectivity index (χ1v) is 11.0. The smallest absolute Gasteiger partial charge is 0.191 e. The number of halogens is 1. The summed E-state index contributed by atoms with van der Waals surface area (Å²) in [6, 6.07) is 5.79. The molecule has 0 spiro atoms. The lowest BCUT2D eigenvalue weighted by atomic mass is 10.1. The zero-order valence-corrected chi connectivity index (χ0v) is 19.9. The van der Waals surface area contributed by atoms with Crippen LogP contribution in [0.5, 0.6) is 11.5 Å². The molecule has 1 atom stereocenters. The number of hydrogen-bond acceptors (Lipinski definition) is 5. The highest BCUT2D eigenvalue weighted by atomic mass is 127. The molecule has 0 amide bonds. The molecule has 0 heterocycles. The standard InChI is InChI=1S/C18H31N3O4S.HI/c1-6-19-18(20-11-12-26(5,22)23)21-14(4)15-9-10-16(24-7-2)17(13-15)25-8-3;/h9-10,13-14H,6-8,11-12H2,1-5H3,(H2,19,20,21);1H. The number of rotatable bonds is 10. The number of hydrogen-bond donors (Lipinski definition) is 2. The summed E-state index contributed by atoms with van der Waals surface area (Å²) in [7, 11) is -3.03. The highest BCUT2D eigenvalue weighted by molar-refractivity contribution is 14.0. The van der Waals surface area contributed by atoms with Gasteiger partial charge in [0, 0.05) is 12.8 Å². The number of benzene rings is 1. The van der Waals surface area contributed by atoms with E-state index < -0.39 is 9.84 Å². The predicted molar refractivity (Wildman–Crippen MR) is 121 cm³/mol. The third kappa shape index (κ3) is 10.0.